The third kappa shape index (κ3) is 2.55. The Kier molecular flexibility index (Phi) is 3.76. The molecule has 1 amide bonds. The number of fused-ring (bicyclic) bond motifs is 1. The number of aromatic nitrogens is 3. The first-order valence-electron chi connectivity index (χ1n) is 7.16. The Morgan fingerprint density at radius 1 is 1.12 bits per heavy atom. The molecule has 0 unspecified atom stereocenters. The molecule has 0 radical (unpaired) electrons. The molecule has 5 nitrogen and oxygen atoms in total. The Hall–Kier alpha value is -2.70. The van der Waals surface area contributed by atoms with E-state index in [1.165, 1.54) is 17.7 Å². The summed E-state index contributed by atoms with van der Waals surface area (Å²) in [7, 11) is 0. The van der Waals surface area contributed by atoms with Crippen molar-refractivity contribution in [2.24, 2.45) is 0 Å². The number of carbonyl (C=O) groups excluding carboxylic acids is 1. The molecule has 7 heteroatoms. The summed E-state index contributed by atoms with van der Waals surface area (Å²) < 4.78 is 2.58. The Balaban J connectivity index is 1.71. The molecule has 0 bridgehead atoms. The second-order valence-corrected chi connectivity index (χ2v) is 6.48. The van der Waals surface area contributed by atoms with E-state index in [9.17, 15) is 4.79 Å². The summed E-state index contributed by atoms with van der Waals surface area (Å²) in [6.07, 6.45) is 3.03. The number of amides is 1. The molecule has 4 aromatic rings. The van der Waals surface area contributed by atoms with Crippen molar-refractivity contribution < 1.29 is 4.79 Å². The van der Waals surface area contributed by atoms with Crippen molar-refractivity contribution in [3.63, 3.8) is 0 Å². The van der Waals surface area contributed by atoms with Crippen LogP contribution in [0.5, 0.6) is 0 Å². The van der Waals surface area contributed by atoms with E-state index in [2.05, 4.69) is 15.4 Å². The third-order valence-corrected chi connectivity index (χ3v) is 5.23. The minimum atomic E-state index is -0.242. The molecule has 2 aromatic heterocycles. The molecule has 0 fully saturated rings. The van der Waals surface area contributed by atoms with Crippen molar-refractivity contribution >= 4 is 44.6 Å². The second-order valence-electron chi connectivity index (χ2n) is 5.05. The SMILES string of the molecule is O=C(Nc1ccccc1-n1cncn1)c1sc2ccccc2c1Cl. The van der Waals surface area contributed by atoms with Crippen LogP contribution in [0.3, 0.4) is 0 Å². The van der Waals surface area contributed by atoms with E-state index in [0.717, 1.165) is 15.8 Å². The van der Waals surface area contributed by atoms with Crippen molar-refractivity contribution in [2.75, 3.05) is 5.32 Å². The van der Waals surface area contributed by atoms with Crippen LogP contribution in [0.4, 0.5) is 5.69 Å². The fraction of sp³-hybridized carbons (Fsp3) is 0. The molecule has 0 aliphatic carbocycles. The van der Waals surface area contributed by atoms with Crippen LogP contribution >= 0.6 is 22.9 Å². The van der Waals surface area contributed by atoms with Crippen LogP contribution < -0.4 is 5.32 Å². The number of nitrogens with one attached hydrogen (secondary N) is 1. The number of hydrogen-bond acceptors (Lipinski definition) is 4. The van der Waals surface area contributed by atoms with Gasteiger partial charge in [-0.25, -0.2) is 9.67 Å². The highest BCUT2D eigenvalue weighted by Crippen LogP contribution is 2.35. The van der Waals surface area contributed by atoms with Gasteiger partial charge in [-0.05, 0) is 18.2 Å². The summed E-state index contributed by atoms with van der Waals surface area (Å²) in [5.74, 6) is -0.242. The van der Waals surface area contributed by atoms with Crippen LogP contribution in [0.2, 0.25) is 5.02 Å². The summed E-state index contributed by atoms with van der Waals surface area (Å²) in [5, 5.41) is 8.39. The van der Waals surface area contributed by atoms with Crippen molar-refractivity contribution in [3.05, 3.63) is 71.1 Å². The predicted octanol–water partition coefficient (Wildman–Crippen LogP) is 4.39. The lowest BCUT2D eigenvalue weighted by Gasteiger charge is -2.10. The van der Waals surface area contributed by atoms with Gasteiger partial charge in [0.1, 0.15) is 17.5 Å². The molecule has 0 aliphatic heterocycles. The van der Waals surface area contributed by atoms with Gasteiger partial charge in [0.2, 0.25) is 0 Å². The number of hydrogen-bond donors (Lipinski definition) is 1. The molecule has 2 aromatic carbocycles. The lowest BCUT2D eigenvalue weighted by atomic mass is 10.2. The lowest BCUT2D eigenvalue weighted by Crippen LogP contribution is -2.13. The fourth-order valence-corrected chi connectivity index (χ4v) is 3.86. The summed E-state index contributed by atoms with van der Waals surface area (Å²) in [4.78, 5) is 17.1. The molecule has 0 spiro atoms. The van der Waals surface area contributed by atoms with E-state index in [1.54, 1.807) is 11.0 Å². The molecule has 118 valence electrons. The second kappa shape index (κ2) is 6.07. The summed E-state index contributed by atoms with van der Waals surface area (Å²) in [5.41, 5.74) is 1.38. The van der Waals surface area contributed by atoms with E-state index in [4.69, 9.17) is 11.6 Å². The number of nitrogens with zero attached hydrogens (tertiary/aromatic N) is 3. The normalized spacial score (nSPS) is 10.9. The summed E-state index contributed by atoms with van der Waals surface area (Å²) in [6, 6.07) is 15.1. The molecule has 0 aliphatic rings. The zero-order chi connectivity index (χ0) is 16.5. The number of rotatable bonds is 3. The predicted molar refractivity (Wildman–Crippen MR) is 96.1 cm³/mol. The van der Waals surface area contributed by atoms with Crippen LogP contribution in [0, 0.1) is 0 Å². The van der Waals surface area contributed by atoms with E-state index in [0.29, 0.717) is 15.6 Å². The molecule has 4 rings (SSSR count). The smallest absolute Gasteiger partial charge is 0.267 e. The van der Waals surface area contributed by atoms with Crippen LogP contribution in [0.15, 0.2) is 61.2 Å². The minimum Gasteiger partial charge on any atom is -0.319 e. The number of benzene rings is 2. The molecular weight excluding hydrogens is 344 g/mol. The Bertz CT molecular complexity index is 1030. The number of anilines is 1. The lowest BCUT2D eigenvalue weighted by molar-refractivity contribution is 0.103. The van der Waals surface area contributed by atoms with E-state index in [-0.39, 0.29) is 5.91 Å². The fourth-order valence-electron chi connectivity index (χ4n) is 2.45. The van der Waals surface area contributed by atoms with Gasteiger partial charge in [0, 0.05) is 10.1 Å². The first kappa shape index (κ1) is 14.9. The highest BCUT2D eigenvalue weighted by Gasteiger charge is 2.18. The maximum atomic E-state index is 12.7. The van der Waals surface area contributed by atoms with Crippen LogP contribution in [0.1, 0.15) is 9.67 Å². The average Bonchev–Trinajstić information content (AvgIpc) is 3.24. The highest BCUT2D eigenvalue weighted by molar-refractivity contribution is 7.21. The van der Waals surface area contributed by atoms with E-state index in [1.807, 2.05) is 48.5 Å². The molecule has 0 saturated heterocycles. The minimum absolute atomic E-state index is 0.242. The Labute approximate surface area is 146 Å². The summed E-state index contributed by atoms with van der Waals surface area (Å²) >= 11 is 7.76. The van der Waals surface area contributed by atoms with Gasteiger partial charge in [-0.2, -0.15) is 5.10 Å². The number of carbonyl (C=O) groups is 1. The molecule has 0 saturated carbocycles. The van der Waals surface area contributed by atoms with Crippen LogP contribution in [0.25, 0.3) is 15.8 Å². The first-order valence-corrected chi connectivity index (χ1v) is 8.36. The van der Waals surface area contributed by atoms with Crippen molar-refractivity contribution in [2.45, 2.75) is 0 Å². The number of halogens is 1. The third-order valence-electron chi connectivity index (χ3n) is 3.56. The van der Waals surface area contributed by atoms with Gasteiger partial charge in [0.25, 0.3) is 5.91 Å². The standard InChI is InChI=1S/C17H11ClN4OS/c18-15-11-5-1-4-8-14(11)24-16(15)17(23)21-12-6-2-3-7-13(12)22-10-19-9-20-22/h1-10H,(H,21,23). The highest BCUT2D eigenvalue weighted by atomic mass is 35.5. The zero-order valence-corrected chi connectivity index (χ0v) is 13.9. The molecular formula is C17H11ClN4OS. The number of para-hydroxylation sites is 2. The zero-order valence-electron chi connectivity index (χ0n) is 12.3. The Morgan fingerprint density at radius 3 is 2.71 bits per heavy atom. The monoisotopic (exact) mass is 354 g/mol. The quantitative estimate of drug-likeness (QED) is 0.593. The summed E-state index contributed by atoms with van der Waals surface area (Å²) in [6.45, 7) is 0. The molecule has 1 N–H and O–H groups in total. The van der Waals surface area contributed by atoms with Gasteiger partial charge >= 0.3 is 0 Å². The van der Waals surface area contributed by atoms with Gasteiger partial charge < -0.3 is 5.32 Å². The van der Waals surface area contributed by atoms with Crippen LogP contribution in [-0.4, -0.2) is 20.7 Å². The van der Waals surface area contributed by atoms with Gasteiger partial charge in [0.15, 0.2) is 0 Å². The maximum Gasteiger partial charge on any atom is 0.267 e. The topological polar surface area (TPSA) is 59.8 Å². The Morgan fingerprint density at radius 2 is 1.92 bits per heavy atom. The molecule has 24 heavy (non-hydrogen) atoms. The largest absolute Gasteiger partial charge is 0.319 e. The van der Waals surface area contributed by atoms with Crippen molar-refractivity contribution in [3.8, 4) is 5.69 Å². The van der Waals surface area contributed by atoms with Gasteiger partial charge in [-0.1, -0.05) is 41.9 Å². The average molecular weight is 355 g/mol. The van der Waals surface area contributed by atoms with Crippen LogP contribution in [-0.2, 0) is 0 Å². The molecule has 0 atom stereocenters. The van der Waals surface area contributed by atoms with Crippen molar-refractivity contribution in [1.82, 2.24) is 14.8 Å². The maximum absolute atomic E-state index is 12.7. The van der Waals surface area contributed by atoms with Gasteiger partial charge in [-0.3, -0.25) is 4.79 Å². The number of thiophene rings is 1. The molecule has 2 heterocycles. The first-order chi connectivity index (χ1) is 11.7. The van der Waals surface area contributed by atoms with E-state index >= 15 is 0 Å². The van der Waals surface area contributed by atoms with Gasteiger partial charge in [-0.15, -0.1) is 11.3 Å². The van der Waals surface area contributed by atoms with E-state index < -0.39 is 0 Å². The van der Waals surface area contributed by atoms with Gasteiger partial charge in [0.05, 0.1) is 16.4 Å². The van der Waals surface area contributed by atoms with Crippen molar-refractivity contribution in [1.29, 1.82) is 0 Å².